The molecule has 140 valence electrons. The van der Waals surface area contributed by atoms with Gasteiger partial charge in [-0.05, 0) is 25.1 Å². The minimum absolute atomic E-state index is 0.345. The molecule has 0 aliphatic carbocycles. The molecule has 7 nitrogen and oxygen atoms in total. The number of carbonyl (C=O) groups is 1. The van der Waals surface area contributed by atoms with Crippen molar-refractivity contribution in [3.05, 3.63) is 53.2 Å². The molecule has 0 saturated carbocycles. The van der Waals surface area contributed by atoms with Crippen LogP contribution in [-0.4, -0.2) is 38.4 Å². The third kappa shape index (κ3) is 3.57. The van der Waals surface area contributed by atoms with Crippen molar-refractivity contribution in [3.8, 4) is 17.2 Å². The molecular formula is C20H21N3O4. The molecule has 0 fully saturated rings. The topological polar surface area (TPSA) is 84.9 Å². The fourth-order valence-corrected chi connectivity index (χ4v) is 2.90. The summed E-state index contributed by atoms with van der Waals surface area (Å²) in [6.45, 7) is 1.96. The van der Waals surface area contributed by atoms with E-state index in [0.717, 1.165) is 22.2 Å². The Morgan fingerprint density at radius 1 is 1.07 bits per heavy atom. The third-order valence-corrected chi connectivity index (χ3v) is 4.23. The molecule has 3 aromatic rings. The number of aromatic nitrogens is 1. The van der Waals surface area contributed by atoms with Crippen molar-refractivity contribution in [3.63, 3.8) is 0 Å². The highest BCUT2D eigenvalue weighted by Gasteiger charge is 2.16. The van der Waals surface area contributed by atoms with Crippen molar-refractivity contribution in [1.82, 2.24) is 10.4 Å². The molecule has 7 heteroatoms. The molecule has 1 heterocycles. The molecule has 0 radical (unpaired) electrons. The molecule has 0 unspecified atom stereocenters. The van der Waals surface area contributed by atoms with E-state index in [2.05, 4.69) is 15.5 Å². The monoisotopic (exact) mass is 367 g/mol. The minimum Gasteiger partial charge on any atom is -0.493 e. The summed E-state index contributed by atoms with van der Waals surface area (Å²) < 4.78 is 15.8. The zero-order valence-corrected chi connectivity index (χ0v) is 15.6. The van der Waals surface area contributed by atoms with E-state index in [1.807, 2.05) is 31.2 Å². The van der Waals surface area contributed by atoms with Crippen molar-refractivity contribution < 1.29 is 19.0 Å². The van der Waals surface area contributed by atoms with Gasteiger partial charge < -0.3 is 19.2 Å². The number of aryl methyl sites for hydroxylation is 1. The van der Waals surface area contributed by atoms with E-state index in [1.165, 1.54) is 21.3 Å². The van der Waals surface area contributed by atoms with Crippen molar-refractivity contribution >= 4 is 23.0 Å². The maximum Gasteiger partial charge on any atom is 0.271 e. The molecule has 1 aromatic heterocycles. The summed E-state index contributed by atoms with van der Waals surface area (Å²) in [6, 6.07) is 11.1. The summed E-state index contributed by atoms with van der Waals surface area (Å²) in [5.74, 6) is 0.842. The van der Waals surface area contributed by atoms with Gasteiger partial charge in [0.1, 0.15) is 0 Å². The number of rotatable bonds is 6. The lowest BCUT2D eigenvalue weighted by Gasteiger charge is -2.13. The number of para-hydroxylation sites is 1. The summed E-state index contributed by atoms with van der Waals surface area (Å²) in [7, 11) is 4.50. The number of amides is 1. The molecule has 0 aliphatic rings. The number of nitrogens with zero attached hydrogens (tertiary/aromatic N) is 1. The number of aromatic amines is 1. The van der Waals surface area contributed by atoms with E-state index in [-0.39, 0.29) is 5.91 Å². The summed E-state index contributed by atoms with van der Waals surface area (Å²) >= 11 is 0. The average molecular weight is 367 g/mol. The van der Waals surface area contributed by atoms with Gasteiger partial charge >= 0.3 is 0 Å². The van der Waals surface area contributed by atoms with Crippen LogP contribution < -0.4 is 19.6 Å². The van der Waals surface area contributed by atoms with Gasteiger partial charge in [0.15, 0.2) is 11.5 Å². The summed E-state index contributed by atoms with van der Waals surface area (Å²) in [6.07, 6.45) is 1.63. The van der Waals surface area contributed by atoms with E-state index in [4.69, 9.17) is 14.2 Å². The van der Waals surface area contributed by atoms with E-state index < -0.39 is 0 Å². The van der Waals surface area contributed by atoms with Crippen LogP contribution in [0.25, 0.3) is 10.9 Å². The second kappa shape index (κ2) is 7.82. The quantitative estimate of drug-likeness (QED) is 0.517. The third-order valence-electron chi connectivity index (χ3n) is 4.23. The molecule has 0 bridgehead atoms. The number of fused-ring (bicyclic) bond motifs is 1. The summed E-state index contributed by atoms with van der Waals surface area (Å²) in [5, 5.41) is 5.14. The predicted octanol–water partition coefficient (Wildman–Crippen LogP) is 3.27. The Labute approximate surface area is 156 Å². The first-order valence-electron chi connectivity index (χ1n) is 8.29. The number of methoxy groups -OCH3 is 3. The van der Waals surface area contributed by atoms with Crippen LogP contribution in [0.5, 0.6) is 17.2 Å². The smallest absolute Gasteiger partial charge is 0.271 e. The number of hydrogen-bond acceptors (Lipinski definition) is 5. The lowest BCUT2D eigenvalue weighted by atomic mass is 10.1. The molecule has 3 rings (SSSR count). The largest absolute Gasteiger partial charge is 0.493 e. The van der Waals surface area contributed by atoms with Crippen molar-refractivity contribution in [2.24, 2.45) is 5.10 Å². The van der Waals surface area contributed by atoms with Crippen LogP contribution in [0.3, 0.4) is 0 Å². The van der Waals surface area contributed by atoms with Crippen LogP contribution in [0.2, 0.25) is 0 Å². The van der Waals surface area contributed by atoms with Crippen LogP contribution in [-0.2, 0) is 0 Å². The molecule has 0 atom stereocenters. The number of ether oxygens (including phenoxy) is 3. The van der Waals surface area contributed by atoms with Gasteiger partial charge in [0.25, 0.3) is 5.91 Å². The minimum atomic E-state index is -0.386. The fourth-order valence-electron chi connectivity index (χ4n) is 2.90. The SMILES string of the molecule is COc1cc(C(=O)N/N=C/c2c(C)[nH]c3ccccc23)cc(OC)c1OC. The lowest BCUT2D eigenvalue weighted by Crippen LogP contribution is -2.18. The van der Waals surface area contributed by atoms with E-state index in [1.54, 1.807) is 18.3 Å². The van der Waals surface area contributed by atoms with Crippen LogP contribution in [0.1, 0.15) is 21.6 Å². The van der Waals surface area contributed by atoms with Gasteiger partial charge in [0.05, 0.1) is 27.5 Å². The fraction of sp³-hybridized carbons (Fsp3) is 0.200. The first kappa shape index (κ1) is 18.3. The Kier molecular flexibility index (Phi) is 5.30. The van der Waals surface area contributed by atoms with Crippen LogP contribution >= 0.6 is 0 Å². The first-order chi connectivity index (χ1) is 13.1. The van der Waals surface area contributed by atoms with Gasteiger partial charge in [-0.3, -0.25) is 4.79 Å². The first-order valence-corrected chi connectivity index (χ1v) is 8.29. The Bertz CT molecular complexity index is 983. The Morgan fingerprint density at radius 2 is 1.74 bits per heavy atom. The molecule has 2 aromatic carbocycles. The highest BCUT2D eigenvalue weighted by Crippen LogP contribution is 2.38. The van der Waals surface area contributed by atoms with Gasteiger partial charge in [-0.15, -0.1) is 0 Å². The summed E-state index contributed by atoms with van der Waals surface area (Å²) in [5.41, 5.74) is 5.80. The van der Waals surface area contributed by atoms with E-state index in [0.29, 0.717) is 22.8 Å². The van der Waals surface area contributed by atoms with Gasteiger partial charge in [0, 0.05) is 27.7 Å². The van der Waals surface area contributed by atoms with Crippen molar-refractivity contribution in [2.75, 3.05) is 21.3 Å². The van der Waals surface area contributed by atoms with Gasteiger partial charge in [-0.25, -0.2) is 5.43 Å². The van der Waals surface area contributed by atoms with Gasteiger partial charge in [-0.1, -0.05) is 18.2 Å². The second-order valence-electron chi connectivity index (χ2n) is 5.82. The number of nitrogens with one attached hydrogen (secondary N) is 2. The Morgan fingerprint density at radius 3 is 2.37 bits per heavy atom. The predicted molar refractivity (Wildman–Crippen MR) is 104 cm³/mol. The summed E-state index contributed by atoms with van der Waals surface area (Å²) in [4.78, 5) is 15.8. The number of carbonyl (C=O) groups excluding carboxylic acids is 1. The number of H-pyrrole nitrogens is 1. The van der Waals surface area contributed by atoms with Crippen LogP contribution in [0, 0.1) is 6.92 Å². The van der Waals surface area contributed by atoms with Crippen molar-refractivity contribution in [2.45, 2.75) is 6.92 Å². The number of hydrogen-bond donors (Lipinski definition) is 2. The molecule has 0 aliphatic heterocycles. The Balaban J connectivity index is 1.83. The van der Waals surface area contributed by atoms with Crippen molar-refractivity contribution in [1.29, 1.82) is 0 Å². The lowest BCUT2D eigenvalue weighted by molar-refractivity contribution is 0.0954. The highest BCUT2D eigenvalue weighted by atomic mass is 16.5. The standard InChI is InChI=1S/C20H21N3O4/c1-12-15(14-7-5-6-8-16(14)22-12)11-21-23-20(24)13-9-17(25-2)19(27-4)18(10-13)26-3/h5-11,22H,1-4H3,(H,23,24)/b21-11+. The molecular weight excluding hydrogens is 346 g/mol. The van der Waals surface area contributed by atoms with E-state index >= 15 is 0 Å². The zero-order chi connectivity index (χ0) is 19.4. The maximum atomic E-state index is 12.5. The molecule has 27 heavy (non-hydrogen) atoms. The van der Waals surface area contributed by atoms with Crippen LogP contribution in [0.15, 0.2) is 41.5 Å². The zero-order valence-electron chi connectivity index (χ0n) is 15.6. The Hall–Kier alpha value is -3.48. The van der Waals surface area contributed by atoms with E-state index in [9.17, 15) is 4.79 Å². The number of benzene rings is 2. The highest BCUT2D eigenvalue weighted by molar-refractivity contribution is 6.01. The molecule has 0 spiro atoms. The molecule has 1 amide bonds. The second-order valence-corrected chi connectivity index (χ2v) is 5.82. The van der Waals surface area contributed by atoms with Gasteiger partial charge in [0.2, 0.25) is 5.75 Å². The molecule has 0 saturated heterocycles. The van der Waals surface area contributed by atoms with Crippen LogP contribution in [0.4, 0.5) is 0 Å². The normalized spacial score (nSPS) is 11.0. The van der Waals surface area contributed by atoms with Gasteiger partial charge in [-0.2, -0.15) is 5.10 Å². The maximum absolute atomic E-state index is 12.5. The average Bonchev–Trinajstić information content (AvgIpc) is 3.01. The molecule has 2 N–H and O–H groups in total. The number of hydrazone groups is 1.